The van der Waals surface area contributed by atoms with Crippen molar-refractivity contribution in [3.05, 3.63) is 58.6 Å². The molecule has 12 heteroatoms. The summed E-state index contributed by atoms with van der Waals surface area (Å²) in [5.41, 5.74) is 4.06. The molecular weight excluding hydrogens is 421 g/mol. The van der Waals surface area contributed by atoms with Gasteiger partial charge < -0.3 is 24.7 Å². The quantitative estimate of drug-likeness (QED) is 0.692. The summed E-state index contributed by atoms with van der Waals surface area (Å²) in [6, 6.07) is 10.1. The van der Waals surface area contributed by atoms with Gasteiger partial charge >= 0.3 is 18.0 Å². The van der Waals surface area contributed by atoms with Crippen molar-refractivity contribution in [3.63, 3.8) is 0 Å². The Labute approximate surface area is 174 Å². The minimum Gasteiger partial charge on any atom is -0.438 e. The van der Waals surface area contributed by atoms with Gasteiger partial charge in [-0.25, -0.2) is 18.8 Å². The average Bonchev–Trinajstić information content (AvgIpc) is 3.02. The summed E-state index contributed by atoms with van der Waals surface area (Å²) < 4.78 is 35.6. The normalized spacial score (nSPS) is 22.9. The number of ether oxygens (including phenoxy) is 4. The molecule has 0 spiro atoms. The van der Waals surface area contributed by atoms with Crippen LogP contribution in [0.25, 0.3) is 0 Å². The molecule has 1 fully saturated rings. The van der Waals surface area contributed by atoms with E-state index in [-0.39, 0.29) is 12.4 Å². The zero-order valence-electron chi connectivity index (χ0n) is 15.7. The van der Waals surface area contributed by atoms with Crippen LogP contribution < -0.4 is 11.4 Å². The lowest BCUT2D eigenvalue weighted by Crippen LogP contribution is -2.37. The number of anilines is 1. The first-order valence-corrected chi connectivity index (χ1v) is 9.59. The predicted octanol–water partition coefficient (Wildman–Crippen LogP) is 2.24. The van der Waals surface area contributed by atoms with Gasteiger partial charge in [-0.1, -0.05) is 42.1 Å². The third kappa shape index (κ3) is 5.00. The Balaban J connectivity index is 1.74. The van der Waals surface area contributed by atoms with Crippen molar-refractivity contribution >= 4 is 29.9 Å². The topological polar surface area (TPSA) is 132 Å². The first-order valence-electron chi connectivity index (χ1n) is 8.65. The molecule has 1 aromatic heterocycles. The van der Waals surface area contributed by atoms with Gasteiger partial charge in [0, 0.05) is 6.20 Å². The molecule has 2 N–H and O–H groups in total. The van der Waals surface area contributed by atoms with Crippen LogP contribution >= 0.6 is 11.8 Å². The van der Waals surface area contributed by atoms with E-state index in [0.29, 0.717) is 5.56 Å². The van der Waals surface area contributed by atoms with Crippen molar-refractivity contribution in [1.29, 1.82) is 0 Å². The first kappa shape index (κ1) is 21.4. The molecule has 10 nitrogen and oxygen atoms in total. The number of methoxy groups -OCH3 is 1. The summed E-state index contributed by atoms with van der Waals surface area (Å²) in [4.78, 5) is 39.2. The van der Waals surface area contributed by atoms with Crippen molar-refractivity contribution in [3.8, 4) is 0 Å². The average molecular weight is 439 g/mol. The van der Waals surface area contributed by atoms with Crippen LogP contribution in [-0.2, 0) is 25.6 Å². The summed E-state index contributed by atoms with van der Waals surface area (Å²) in [5.74, 6) is -0.0331. The third-order valence-corrected chi connectivity index (χ3v) is 5.46. The van der Waals surface area contributed by atoms with E-state index in [1.807, 2.05) is 0 Å². The highest BCUT2D eigenvalue weighted by molar-refractivity contribution is 8.00. The number of halogens is 1. The van der Waals surface area contributed by atoms with Gasteiger partial charge in [-0.3, -0.25) is 4.57 Å². The molecule has 1 saturated heterocycles. The Kier molecular flexibility index (Phi) is 6.77. The smallest absolute Gasteiger partial charge is 0.438 e. The molecule has 1 aliphatic rings. The van der Waals surface area contributed by atoms with Gasteiger partial charge in [0.15, 0.2) is 17.7 Å². The van der Waals surface area contributed by atoms with Crippen molar-refractivity contribution in [1.82, 2.24) is 9.55 Å². The Hall–Kier alpha value is -3.28. The Bertz CT molecular complexity index is 958. The van der Waals surface area contributed by atoms with Crippen LogP contribution in [0.15, 0.2) is 47.4 Å². The van der Waals surface area contributed by atoms with Crippen LogP contribution in [0.4, 0.5) is 19.8 Å². The summed E-state index contributed by atoms with van der Waals surface area (Å²) in [5, 5.41) is -1.19. The molecule has 3 rings (SSSR count). The number of alkyl halides is 1. The third-order valence-electron chi connectivity index (χ3n) is 4.06. The van der Waals surface area contributed by atoms with Gasteiger partial charge in [-0.2, -0.15) is 4.98 Å². The second-order valence-corrected chi connectivity index (χ2v) is 7.28. The molecule has 0 aliphatic carbocycles. The summed E-state index contributed by atoms with van der Waals surface area (Å²) in [6.07, 6.45) is -4.48. The number of thioether (sulfide) groups is 1. The number of nitrogens with zero attached hydrogens (tertiary/aromatic N) is 2. The predicted molar refractivity (Wildman–Crippen MR) is 103 cm³/mol. The molecule has 1 aromatic carbocycles. The van der Waals surface area contributed by atoms with Crippen LogP contribution in [-0.4, -0.2) is 46.7 Å². The van der Waals surface area contributed by atoms with E-state index in [1.54, 1.807) is 30.3 Å². The molecule has 0 saturated carbocycles. The highest BCUT2D eigenvalue weighted by Crippen LogP contribution is 2.45. The van der Waals surface area contributed by atoms with Gasteiger partial charge in [0.2, 0.25) is 0 Å². The fourth-order valence-electron chi connectivity index (χ4n) is 2.66. The molecule has 4 atom stereocenters. The van der Waals surface area contributed by atoms with E-state index in [4.69, 9.17) is 19.9 Å². The van der Waals surface area contributed by atoms with Crippen molar-refractivity contribution in [2.24, 2.45) is 0 Å². The number of rotatable bonds is 5. The highest BCUT2D eigenvalue weighted by atomic mass is 32.2. The van der Waals surface area contributed by atoms with Crippen molar-refractivity contribution in [2.45, 2.75) is 29.7 Å². The van der Waals surface area contributed by atoms with Gasteiger partial charge in [0.05, 0.1) is 7.11 Å². The molecule has 0 bridgehead atoms. The number of benzene rings is 1. The van der Waals surface area contributed by atoms with Crippen LogP contribution in [0.5, 0.6) is 0 Å². The molecule has 1 aliphatic heterocycles. The maximum atomic E-state index is 15.1. The number of carbonyl (C=O) groups is 2. The first-order chi connectivity index (χ1) is 14.4. The summed E-state index contributed by atoms with van der Waals surface area (Å²) in [7, 11) is 1.07. The van der Waals surface area contributed by atoms with Crippen LogP contribution in [0.1, 0.15) is 10.9 Å². The Morgan fingerprint density at radius 2 is 1.93 bits per heavy atom. The maximum Gasteiger partial charge on any atom is 0.509 e. The monoisotopic (exact) mass is 439 g/mol. The van der Waals surface area contributed by atoms with E-state index in [0.717, 1.165) is 23.4 Å². The second-order valence-electron chi connectivity index (χ2n) is 6.06. The summed E-state index contributed by atoms with van der Waals surface area (Å²) in [6.45, 7) is -0.0935. The van der Waals surface area contributed by atoms with Crippen molar-refractivity contribution < 1.29 is 32.9 Å². The summed E-state index contributed by atoms with van der Waals surface area (Å²) >= 11 is 0.751. The van der Waals surface area contributed by atoms with Gasteiger partial charge in [0.25, 0.3) is 0 Å². The van der Waals surface area contributed by atoms with Gasteiger partial charge in [-0.05, 0) is 11.6 Å². The number of hydrogen-bond donors (Lipinski definition) is 1. The lowest BCUT2D eigenvalue weighted by Gasteiger charge is -2.20. The van der Waals surface area contributed by atoms with E-state index in [9.17, 15) is 14.4 Å². The number of nitrogen functional groups attached to an aromatic ring is 1. The largest absolute Gasteiger partial charge is 0.509 e. The standard InChI is InChI=1S/C18H18FN3O7S/c1-26-17(24)29-15-13(28-18(25)27-9-10-5-3-2-4-6-10)12(19)14(30-15)22-8-7-11(20)21-16(22)23/h2-8,12-15H,9H2,1H3,(H2,20,21,23)/t12-,13-,14?,15+/m0/s1. The fourth-order valence-corrected chi connectivity index (χ4v) is 4.03. The number of carbonyl (C=O) groups excluding carboxylic acids is 2. The van der Waals surface area contributed by atoms with E-state index in [2.05, 4.69) is 9.72 Å². The van der Waals surface area contributed by atoms with Crippen LogP contribution in [0, 0.1) is 0 Å². The number of hydrogen-bond acceptors (Lipinski definition) is 10. The van der Waals surface area contributed by atoms with E-state index >= 15 is 4.39 Å². The molecule has 0 amide bonds. The van der Waals surface area contributed by atoms with E-state index < -0.39 is 41.1 Å². The number of nitrogens with two attached hydrogens (primary N) is 1. The molecule has 1 unspecified atom stereocenters. The van der Waals surface area contributed by atoms with Crippen LogP contribution in [0.2, 0.25) is 0 Å². The molecule has 2 aromatic rings. The highest BCUT2D eigenvalue weighted by Gasteiger charge is 2.51. The maximum absolute atomic E-state index is 15.1. The Morgan fingerprint density at radius 1 is 1.20 bits per heavy atom. The van der Waals surface area contributed by atoms with Crippen molar-refractivity contribution in [2.75, 3.05) is 12.8 Å². The molecule has 30 heavy (non-hydrogen) atoms. The Morgan fingerprint density at radius 3 is 2.60 bits per heavy atom. The van der Waals surface area contributed by atoms with Gasteiger partial charge in [-0.15, -0.1) is 0 Å². The molecule has 2 heterocycles. The van der Waals surface area contributed by atoms with Gasteiger partial charge in [0.1, 0.15) is 17.8 Å². The second kappa shape index (κ2) is 9.48. The van der Waals surface area contributed by atoms with E-state index in [1.165, 1.54) is 12.3 Å². The molecule has 0 radical (unpaired) electrons. The zero-order chi connectivity index (χ0) is 21.7. The zero-order valence-corrected chi connectivity index (χ0v) is 16.5. The minimum atomic E-state index is -1.92. The lowest BCUT2D eigenvalue weighted by molar-refractivity contribution is -0.0486. The fraction of sp³-hybridized carbons (Fsp3) is 0.333. The molecular formula is C18H18FN3O7S. The lowest BCUT2D eigenvalue weighted by atomic mass is 10.2. The molecule has 160 valence electrons. The SMILES string of the molecule is COC(=O)O[C@@H]1SC(n2ccc(N)nc2=O)[C@@H](F)[C@@H]1OC(=O)OCc1ccccc1. The number of aromatic nitrogens is 2. The van der Waals surface area contributed by atoms with Crippen LogP contribution in [0.3, 0.4) is 0 Å². The minimum absolute atomic E-state index is 0.0331.